The monoisotopic (exact) mass is 421 g/mol. The smallest absolute Gasteiger partial charge is 0.204 e. The molecule has 0 radical (unpaired) electrons. The first-order chi connectivity index (χ1) is 12.8. The lowest BCUT2D eigenvalue weighted by atomic mass is 10.2. The first kappa shape index (κ1) is 21.1. The molecule has 1 aromatic heterocycles. The fourth-order valence-corrected chi connectivity index (χ4v) is 2.79. The van der Waals surface area contributed by atoms with E-state index in [1.54, 1.807) is 0 Å². The molecule has 0 amide bonds. The van der Waals surface area contributed by atoms with Crippen LogP contribution >= 0.6 is 23.2 Å². The largest absolute Gasteiger partial charge is 0.744 e. The summed E-state index contributed by atoms with van der Waals surface area (Å²) >= 11 is 11.3. The number of rotatable bonds is 3. The van der Waals surface area contributed by atoms with Crippen molar-refractivity contribution in [1.82, 2.24) is 0 Å². The van der Waals surface area contributed by atoms with E-state index in [0.29, 0.717) is 5.02 Å². The molecule has 0 saturated carbocycles. The number of hydrogen-bond donors (Lipinski definition) is 0. The molecular weight excluding hydrogens is 405 g/mol. The lowest BCUT2D eigenvalue weighted by Gasteiger charge is -2.05. The SMILES string of the molecule is C[n+]1ccccc1/C=C/c1ccc(Cl)cc1.O=S(=O)([O-])c1ccc(Cl)cc1. The quantitative estimate of drug-likeness (QED) is 0.459. The molecule has 0 aliphatic heterocycles. The summed E-state index contributed by atoms with van der Waals surface area (Å²) in [6.07, 6.45) is 6.19. The van der Waals surface area contributed by atoms with Crippen LogP contribution in [0, 0.1) is 0 Å². The third kappa shape index (κ3) is 7.15. The van der Waals surface area contributed by atoms with E-state index in [2.05, 4.69) is 22.8 Å². The molecule has 7 heteroatoms. The van der Waals surface area contributed by atoms with Gasteiger partial charge in [-0.1, -0.05) is 35.3 Å². The zero-order chi connectivity index (χ0) is 19.9. The summed E-state index contributed by atoms with van der Waals surface area (Å²) in [5.74, 6) is 0. The van der Waals surface area contributed by atoms with Crippen LogP contribution in [0.1, 0.15) is 11.3 Å². The topological polar surface area (TPSA) is 61.1 Å². The molecule has 1 heterocycles. The molecule has 0 N–H and O–H groups in total. The second-order valence-electron chi connectivity index (χ2n) is 5.53. The molecule has 0 fully saturated rings. The Morgan fingerprint density at radius 2 is 1.41 bits per heavy atom. The number of nitrogens with zero attached hydrogens (tertiary/aromatic N) is 1. The van der Waals surface area contributed by atoms with Crippen LogP contribution in [-0.2, 0) is 17.2 Å². The van der Waals surface area contributed by atoms with Crippen LogP contribution < -0.4 is 4.57 Å². The summed E-state index contributed by atoms with van der Waals surface area (Å²) in [5, 5.41) is 1.17. The Balaban J connectivity index is 0.000000208. The van der Waals surface area contributed by atoms with Crippen LogP contribution in [0.3, 0.4) is 0 Å². The highest BCUT2D eigenvalue weighted by Gasteiger charge is 1.99. The summed E-state index contributed by atoms with van der Waals surface area (Å²) in [6.45, 7) is 0. The van der Waals surface area contributed by atoms with Crippen molar-refractivity contribution in [3.05, 3.63) is 94.2 Å². The zero-order valence-corrected chi connectivity index (χ0v) is 16.7. The summed E-state index contributed by atoms with van der Waals surface area (Å²) in [5.41, 5.74) is 2.31. The van der Waals surface area contributed by atoms with Gasteiger partial charge in [0.05, 0.1) is 4.90 Å². The Kier molecular flexibility index (Phi) is 7.56. The van der Waals surface area contributed by atoms with Crippen molar-refractivity contribution in [1.29, 1.82) is 0 Å². The molecule has 0 saturated heterocycles. The van der Waals surface area contributed by atoms with Crippen LogP contribution in [0.4, 0.5) is 0 Å². The molecule has 0 spiro atoms. The van der Waals surface area contributed by atoms with Crippen molar-refractivity contribution < 1.29 is 17.5 Å². The Morgan fingerprint density at radius 1 is 0.852 bits per heavy atom. The minimum atomic E-state index is -4.33. The average molecular weight is 422 g/mol. The maximum atomic E-state index is 10.3. The van der Waals surface area contributed by atoms with Crippen LogP contribution in [0.25, 0.3) is 12.2 Å². The van der Waals surface area contributed by atoms with Crippen LogP contribution in [0.15, 0.2) is 77.8 Å². The highest BCUT2D eigenvalue weighted by molar-refractivity contribution is 7.85. The van der Waals surface area contributed by atoms with Gasteiger partial charge in [-0.25, -0.2) is 13.0 Å². The molecule has 4 nitrogen and oxygen atoms in total. The zero-order valence-electron chi connectivity index (χ0n) is 14.4. The Bertz CT molecular complexity index is 1020. The molecule has 0 aliphatic rings. The van der Waals surface area contributed by atoms with Gasteiger partial charge in [0.25, 0.3) is 0 Å². The Hall–Kier alpha value is -2.18. The van der Waals surface area contributed by atoms with Crippen molar-refractivity contribution in [2.24, 2.45) is 7.05 Å². The molecule has 3 rings (SSSR count). The van der Waals surface area contributed by atoms with Gasteiger partial charge in [-0.05, 0) is 54.1 Å². The molecule has 27 heavy (non-hydrogen) atoms. The van der Waals surface area contributed by atoms with E-state index in [4.69, 9.17) is 23.2 Å². The van der Waals surface area contributed by atoms with Crippen molar-refractivity contribution in [3.8, 4) is 0 Å². The van der Waals surface area contributed by atoms with Gasteiger partial charge < -0.3 is 4.55 Å². The van der Waals surface area contributed by atoms with Crippen molar-refractivity contribution in [3.63, 3.8) is 0 Å². The van der Waals surface area contributed by atoms with Crippen molar-refractivity contribution in [2.45, 2.75) is 4.90 Å². The molecule has 3 aromatic rings. The lowest BCUT2D eigenvalue weighted by molar-refractivity contribution is -0.673. The third-order valence-corrected chi connectivity index (χ3v) is 4.87. The Labute approximate surface area is 169 Å². The predicted molar refractivity (Wildman–Crippen MR) is 107 cm³/mol. The molecule has 0 unspecified atom stereocenters. The summed E-state index contributed by atoms with van der Waals surface area (Å²) in [6, 6.07) is 19.0. The minimum Gasteiger partial charge on any atom is -0.744 e. The summed E-state index contributed by atoms with van der Waals surface area (Å²) in [7, 11) is -2.30. The van der Waals surface area contributed by atoms with E-state index in [9.17, 15) is 13.0 Å². The van der Waals surface area contributed by atoms with Gasteiger partial charge in [0.15, 0.2) is 6.20 Å². The van der Waals surface area contributed by atoms with Crippen LogP contribution in [-0.4, -0.2) is 13.0 Å². The fourth-order valence-electron chi connectivity index (χ4n) is 2.07. The van der Waals surface area contributed by atoms with E-state index >= 15 is 0 Å². The van der Waals surface area contributed by atoms with Gasteiger partial charge >= 0.3 is 0 Å². The average Bonchev–Trinajstić information content (AvgIpc) is 2.63. The minimum absolute atomic E-state index is 0.262. The van der Waals surface area contributed by atoms with E-state index < -0.39 is 10.1 Å². The van der Waals surface area contributed by atoms with Gasteiger partial charge in [0.2, 0.25) is 5.69 Å². The standard InChI is InChI=1S/C14H13ClN.C6H5ClO3S/c1-16-11-3-2-4-14(16)10-7-12-5-8-13(15)9-6-12;7-5-1-3-6(4-2-5)11(8,9)10/h2-11H,1H3;1-4H,(H,8,9,10)/q+1;/p-1/b10-7+;. The maximum absolute atomic E-state index is 10.3. The van der Waals surface area contributed by atoms with Gasteiger partial charge in [0, 0.05) is 28.3 Å². The fraction of sp³-hybridized carbons (Fsp3) is 0.0500. The molecule has 140 valence electrons. The number of pyridine rings is 1. The highest BCUT2D eigenvalue weighted by atomic mass is 35.5. The molecule has 0 aliphatic carbocycles. The van der Waals surface area contributed by atoms with Gasteiger partial charge in [-0.2, -0.15) is 0 Å². The second-order valence-corrected chi connectivity index (χ2v) is 7.78. The molecule has 0 atom stereocenters. The van der Waals surface area contributed by atoms with Gasteiger partial charge in [0.1, 0.15) is 17.2 Å². The number of hydrogen-bond acceptors (Lipinski definition) is 3. The van der Waals surface area contributed by atoms with Gasteiger partial charge in [-0.15, -0.1) is 0 Å². The second kappa shape index (κ2) is 9.67. The number of aryl methyl sites for hydroxylation is 1. The van der Waals surface area contributed by atoms with Gasteiger partial charge in [-0.3, -0.25) is 0 Å². The molecule has 0 bridgehead atoms. The first-order valence-electron chi connectivity index (χ1n) is 7.85. The first-order valence-corrected chi connectivity index (χ1v) is 10.0. The maximum Gasteiger partial charge on any atom is 0.204 e. The highest BCUT2D eigenvalue weighted by Crippen LogP contribution is 2.13. The van der Waals surface area contributed by atoms with Crippen LogP contribution in [0.5, 0.6) is 0 Å². The number of halogens is 2. The van der Waals surface area contributed by atoms with Crippen LogP contribution in [0.2, 0.25) is 10.0 Å². The van der Waals surface area contributed by atoms with E-state index in [0.717, 1.165) is 16.3 Å². The van der Waals surface area contributed by atoms with E-state index in [1.165, 1.54) is 24.3 Å². The summed E-state index contributed by atoms with van der Waals surface area (Å²) in [4.78, 5) is -0.262. The lowest BCUT2D eigenvalue weighted by Crippen LogP contribution is -2.30. The van der Waals surface area contributed by atoms with Crippen molar-refractivity contribution >= 4 is 45.5 Å². The van der Waals surface area contributed by atoms with E-state index in [1.807, 2.05) is 49.6 Å². The molecular formula is C20H17Cl2NO3S. The van der Waals surface area contributed by atoms with Crippen molar-refractivity contribution in [2.75, 3.05) is 0 Å². The summed E-state index contributed by atoms with van der Waals surface area (Å²) < 4.78 is 33.1. The normalized spacial score (nSPS) is 11.1. The third-order valence-electron chi connectivity index (χ3n) is 3.51. The Morgan fingerprint density at radius 3 is 1.93 bits per heavy atom. The van der Waals surface area contributed by atoms with E-state index in [-0.39, 0.29) is 4.90 Å². The number of benzene rings is 2. The number of aromatic nitrogens is 1. The molecule has 2 aromatic carbocycles. The predicted octanol–water partition coefficient (Wildman–Crippen LogP) is 4.58.